The molecule has 0 radical (unpaired) electrons. The molecule has 3 atom stereocenters. The number of aliphatic hydroxyl groups is 1. The van der Waals surface area contributed by atoms with Gasteiger partial charge in [0.1, 0.15) is 36.8 Å². The molecule has 3 N–H and O–H groups in total. The van der Waals surface area contributed by atoms with Gasteiger partial charge in [-0.05, 0) is 103 Å². The van der Waals surface area contributed by atoms with Crippen LogP contribution in [0.4, 0.5) is 8.78 Å². The van der Waals surface area contributed by atoms with Crippen LogP contribution in [-0.4, -0.2) is 80.2 Å². The molecular weight excluding hydrogens is 1060 g/mol. The minimum absolute atomic E-state index is 0. The van der Waals surface area contributed by atoms with Gasteiger partial charge in [0.25, 0.3) is 11.8 Å². The zero-order chi connectivity index (χ0) is 49.5. The van der Waals surface area contributed by atoms with Crippen molar-refractivity contribution in [2.45, 2.75) is 48.8 Å². The summed E-state index contributed by atoms with van der Waals surface area (Å²) in [6.07, 6.45) is 17.8. The number of carbonyl (C=O) groups is 2. The Morgan fingerprint density at radius 1 is 0.696 bits per heavy atom. The average molecular weight is 1100 g/mol. The molecule has 0 bridgehead atoms. The first-order valence-corrected chi connectivity index (χ1v) is 26.5. The second-order valence-corrected chi connectivity index (χ2v) is 18.4. The van der Waals surface area contributed by atoms with E-state index in [9.17, 15) is 22.6 Å². The number of hydrogen-bond donors (Lipinski definition) is 3. The quantitative estimate of drug-likeness (QED) is 0.0625. The molecule has 2 amide bonds. The number of pyridine rings is 4. The molecule has 8 aromatic rings. The van der Waals surface area contributed by atoms with Crippen LogP contribution in [0.1, 0.15) is 70.6 Å². The molecule has 0 fully saturated rings. The topological polar surface area (TPSA) is 275 Å². The maximum Gasteiger partial charge on any atom is 1.00 e. The molecule has 6 heterocycles. The molecule has 0 aliphatic carbocycles. The van der Waals surface area contributed by atoms with Gasteiger partial charge in [-0.1, -0.05) is 13.8 Å². The van der Waals surface area contributed by atoms with Gasteiger partial charge < -0.3 is 15.7 Å². The summed E-state index contributed by atoms with van der Waals surface area (Å²) in [5.74, 6) is -1.17. The molecule has 8 rings (SSSR count). The van der Waals surface area contributed by atoms with Crippen molar-refractivity contribution in [2.24, 2.45) is 0 Å². The van der Waals surface area contributed by atoms with E-state index in [1.54, 1.807) is 107 Å². The Balaban J connectivity index is 0.000000262. The van der Waals surface area contributed by atoms with Gasteiger partial charge in [0, 0.05) is 48.9 Å². The first kappa shape index (κ1) is 56.4. The van der Waals surface area contributed by atoms with Gasteiger partial charge in [0.2, 0.25) is 0 Å². The number of carbonyl (C=O) groups excluding carboxylic acids is 2. The summed E-state index contributed by atoms with van der Waals surface area (Å²) in [5.41, 5.74) is 5.34. The Bertz CT molecular complexity index is 2980. The van der Waals surface area contributed by atoms with Crippen molar-refractivity contribution in [3.63, 3.8) is 0 Å². The number of fused-ring (bicyclic) bond motifs is 2. The number of hydrogen-bond acceptors (Lipinski definition) is 15. The van der Waals surface area contributed by atoms with Crippen LogP contribution < -0.4 is 74.0 Å². The Hall–Kier alpha value is -5.19. The molecule has 0 aliphatic rings. The number of thioether (sulfide) groups is 1. The molecular formula is C45H44F2IN10NaO8S2. The average Bonchev–Trinajstić information content (AvgIpc) is 3.98. The zero-order valence-corrected chi connectivity index (χ0v) is 43.7. The van der Waals surface area contributed by atoms with E-state index in [0.717, 1.165) is 29.7 Å². The number of nitrogens with one attached hydrogen (secondary N) is 2. The number of rotatable bonds is 12. The molecule has 0 saturated carbocycles. The number of halogens is 3. The van der Waals surface area contributed by atoms with Crippen LogP contribution in [0.5, 0.6) is 0 Å². The predicted molar refractivity (Wildman–Crippen MR) is 239 cm³/mol. The van der Waals surface area contributed by atoms with Crippen molar-refractivity contribution in [2.75, 3.05) is 19.6 Å². The van der Waals surface area contributed by atoms with Crippen LogP contribution in [0.3, 0.4) is 0 Å². The van der Waals surface area contributed by atoms with Gasteiger partial charge >= 0.3 is 29.6 Å². The zero-order valence-electron chi connectivity index (χ0n) is 37.9. The second kappa shape index (κ2) is 26.7. The van der Waals surface area contributed by atoms with Crippen LogP contribution >= 0.6 is 11.8 Å². The summed E-state index contributed by atoms with van der Waals surface area (Å²) < 4.78 is 76.0. The number of nitrogens with zero attached hydrogens (tertiary/aromatic N) is 8. The van der Waals surface area contributed by atoms with Gasteiger partial charge in [0.15, 0.2) is 0 Å². The van der Waals surface area contributed by atoms with Crippen molar-refractivity contribution in [3.05, 3.63) is 156 Å². The number of amides is 2. The fourth-order valence-corrected chi connectivity index (χ4v) is 7.62. The first-order chi connectivity index (χ1) is 32.6. The summed E-state index contributed by atoms with van der Waals surface area (Å²) in [6, 6.07) is 19.0. The minimum Gasteiger partial charge on any atom is -0.400 e. The fourth-order valence-electron chi connectivity index (χ4n) is 6.69. The van der Waals surface area contributed by atoms with Crippen molar-refractivity contribution in [1.29, 1.82) is 0 Å². The van der Waals surface area contributed by atoms with E-state index in [-0.39, 0.29) is 65.1 Å². The number of aliphatic hydroxyl groups excluding tert-OH is 1. The van der Waals surface area contributed by atoms with E-state index in [0.29, 0.717) is 55.8 Å². The van der Waals surface area contributed by atoms with E-state index in [1.807, 2.05) is 32.2 Å². The fraction of sp³-hybridized carbons (Fsp3) is 0.200. The van der Waals surface area contributed by atoms with Gasteiger partial charge in [0.05, 0.1) is 86.2 Å². The Morgan fingerprint density at radius 3 is 1.49 bits per heavy atom. The Labute approximate surface area is 430 Å². The summed E-state index contributed by atoms with van der Waals surface area (Å²) in [5, 5.41) is 24.6. The summed E-state index contributed by atoms with van der Waals surface area (Å²) in [7, 11) is -0.210. The van der Waals surface area contributed by atoms with Gasteiger partial charge in [-0.15, -0.1) is 11.8 Å². The van der Waals surface area contributed by atoms with Gasteiger partial charge in [-0.25, -0.2) is 28.1 Å². The molecule has 18 nitrogen and oxygen atoms in total. The molecule has 69 heavy (non-hydrogen) atoms. The SMILES string of the molecule is CC[C@H](NC(=O)c1cncc2c1cnn2-c1ccc(F)cc1)c1ccnc(S(C)=O)c1.CC[C@H](NC(=O)c1cncc2c1cnn2-c1ccc(F)cc1)c1ccnc(SC)c1.CO.[Na+].[O-][I+3]([O-])([O-])[O-]. The summed E-state index contributed by atoms with van der Waals surface area (Å²) in [6.45, 7) is 3.98. The third kappa shape index (κ3) is 15.4. The summed E-state index contributed by atoms with van der Waals surface area (Å²) >= 11 is -4.38. The monoisotopic (exact) mass is 1100 g/mol. The van der Waals surface area contributed by atoms with Gasteiger partial charge in [-0.3, -0.25) is 37.5 Å². The molecule has 24 heteroatoms. The second-order valence-electron chi connectivity index (χ2n) is 14.1. The van der Waals surface area contributed by atoms with Crippen LogP contribution in [0.15, 0.2) is 132 Å². The predicted octanol–water partition coefficient (Wildman–Crippen LogP) is -3.01. The molecule has 2 aromatic carbocycles. The molecule has 6 aromatic heterocycles. The van der Waals surface area contributed by atoms with Gasteiger partial charge in [-0.2, -0.15) is 10.2 Å². The van der Waals surface area contributed by atoms with Crippen molar-refractivity contribution in [1.82, 2.24) is 50.1 Å². The molecule has 0 aliphatic heterocycles. The summed E-state index contributed by atoms with van der Waals surface area (Å²) in [4.78, 5) is 43.0. The molecule has 356 valence electrons. The number of benzene rings is 2. The molecule has 1 unspecified atom stereocenters. The van der Waals surface area contributed by atoms with Crippen LogP contribution in [0.25, 0.3) is 33.2 Å². The van der Waals surface area contributed by atoms with Crippen LogP contribution in [0, 0.1) is 11.6 Å². The standard InChI is InChI=1S/C22H20FN5O2S.C22H20FN5OS.CH4O.IO4.Na/c1-3-19(14-8-9-25-21(10-14)31(2)30)27-22(29)18-11-24-13-20-17(18)12-26-28(20)16-6-4-15(23)5-7-16;1-3-19(14-8-9-25-21(10-14)30-2)27-22(29)18-11-24-13-20-17(18)12-26-28(20)16-6-4-15(23)5-7-16;1-2;2-1(3,4)5;/h4-13,19H,3H2,1-2H3,(H,27,29);4-13,19H,3H2,1-2H3,(H,27,29);2H,1H3;;/q;;;-1;+1/t19-,31?;19-;;;/m00.../s1. The Morgan fingerprint density at radius 2 is 1.10 bits per heavy atom. The third-order valence-corrected chi connectivity index (χ3v) is 11.3. The normalized spacial score (nSPS) is 12.1. The largest absolute Gasteiger partial charge is 1.00 e. The van der Waals surface area contributed by atoms with Crippen LogP contribution in [0.2, 0.25) is 0 Å². The van der Waals surface area contributed by atoms with E-state index >= 15 is 0 Å². The maximum absolute atomic E-state index is 13.3. The molecule has 0 spiro atoms. The van der Waals surface area contributed by atoms with Crippen molar-refractivity contribution in [3.8, 4) is 11.4 Å². The molecule has 0 saturated heterocycles. The van der Waals surface area contributed by atoms with Crippen LogP contribution in [-0.2, 0) is 10.8 Å². The smallest absolute Gasteiger partial charge is 0.400 e. The Kier molecular flexibility index (Phi) is 21.8. The van der Waals surface area contributed by atoms with Crippen molar-refractivity contribution < 1.29 is 91.1 Å². The maximum atomic E-state index is 13.3. The first-order valence-electron chi connectivity index (χ1n) is 20.2. The van der Waals surface area contributed by atoms with Crippen molar-refractivity contribution >= 4 is 56.2 Å². The third-order valence-electron chi connectivity index (χ3n) is 9.88. The van der Waals surface area contributed by atoms with E-state index < -0.39 is 30.9 Å². The number of aromatic nitrogens is 8. The van der Waals surface area contributed by atoms with E-state index in [1.165, 1.54) is 30.5 Å². The van der Waals surface area contributed by atoms with E-state index in [4.69, 9.17) is 18.9 Å². The minimum atomic E-state index is -5.94. The van der Waals surface area contributed by atoms with E-state index in [2.05, 4.69) is 40.8 Å².